The fraction of sp³-hybridized carbons (Fsp3) is 0.385. The molecule has 3 atom stereocenters. The summed E-state index contributed by atoms with van der Waals surface area (Å²) in [6, 6.07) is 31.9. The summed E-state index contributed by atoms with van der Waals surface area (Å²) < 4.78 is 37.4. The summed E-state index contributed by atoms with van der Waals surface area (Å²) in [6.07, 6.45) is 0.318. The van der Waals surface area contributed by atoms with Gasteiger partial charge in [0.15, 0.2) is 0 Å². The van der Waals surface area contributed by atoms with Gasteiger partial charge in [-0.2, -0.15) is 0 Å². The van der Waals surface area contributed by atoms with Crippen molar-refractivity contribution >= 4 is 12.7 Å². The van der Waals surface area contributed by atoms with Gasteiger partial charge >= 0.3 is 0 Å². The van der Waals surface area contributed by atoms with Gasteiger partial charge in [0.2, 0.25) is 0 Å². The average molecular weight is 629 g/mol. The molecule has 240 valence electrons. The van der Waals surface area contributed by atoms with Crippen molar-refractivity contribution in [1.82, 2.24) is 0 Å². The molecule has 3 unspecified atom stereocenters. The number of para-hydroxylation sites is 3. The first-order chi connectivity index (χ1) is 20.9. The Hall–Kier alpha value is -3.53. The molecule has 1 fully saturated rings. The molecule has 45 heavy (non-hydrogen) atoms. The summed E-state index contributed by atoms with van der Waals surface area (Å²) in [7, 11) is -3.14. The minimum atomic E-state index is -3.14. The second-order valence-corrected chi connectivity index (χ2v) is 16.4. The Bertz CT molecular complexity index is 1630. The largest absolute Gasteiger partial charge is 0.492 e. The molecule has 0 saturated carbocycles. The van der Waals surface area contributed by atoms with Gasteiger partial charge in [-0.25, -0.2) is 0 Å². The van der Waals surface area contributed by atoms with Crippen molar-refractivity contribution < 1.29 is 23.3 Å². The molecule has 0 amide bonds. The zero-order chi connectivity index (χ0) is 31.5. The third-order valence-corrected chi connectivity index (χ3v) is 10.8. The molecule has 0 spiro atoms. The topological polar surface area (TPSA) is 57.3 Å². The highest BCUT2D eigenvalue weighted by Gasteiger charge is 2.41. The zero-order valence-electron chi connectivity index (χ0n) is 27.0. The minimum absolute atomic E-state index is 0. The fourth-order valence-electron chi connectivity index (χ4n) is 5.34. The van der Waals surface area contributed by atoms with Crippen LogP contribution in [0.4, 0.5) is 0 Å². The van der Waals surface area contributed by atoms with Crippen LogP contribution in [0.3, 0.4) is 0 Å². The lowest BCUT2D eigenvalue weighted by molar-refractivity contribution is 0.258. The molecule has 4 aromatic rings. The van der Waals surface area contributed by atoms with Crippen molar-refractivity contribution in [2.75, 3.05) is 19.8 Å². The van der Waals surface area contributed by atoms with Gasteiger partial charge in [-0.05, 0) is 58.7 Å². The Labute approximate surface area is 270 Å². The van der Waals surface area contributed by atoms with Crippen LogP contribution in [0.15, 0.2) is 97.1 Å². The highest BCUT2D eigenvalue weighted by Crippen LogP contribution is 2.57. The number of benzene rings is 4. The van der Waals surface area contributed by atoms with Crippen molar-refractivity contribution in [2.45, 2.75) is 78.5 Å². The summed E-state index contributed by atoms with van der Waals surface area (Å²) in [5, 5.41) is 0.777. The van der Waals surface area contributed by atoms with E-state index in [4.69, 9.17) is 18.7 Å². The van der Waals surface area contributed by atoms with E-state index in [-0.39, 0.29) is 23.9 Å². The number of rotatable bonds is 7. The Kier molecular flexibility index (Phi) is 10.6. The molecular weight excluding hydrogens is 579 g/mol. The minimum Gasteiger partial charge on any atom is -0.492 e. The van der Waals surface area contributed by atoms with Crippen molar-refractivity contribution in [3.05, 3.63) is 108 Å². The van der Waals surface area contributed by atoms with E-state index in [1.54, 1.807) is 0 Å². The summed E-state index contributed by atoms with van der Waals surface area (Å²) in [5.74, 6) is 2.50. The third-order valence-electron chi connectivity index (χ3n) is 7.93. The SMILES string of the molecule is C.CC(C)(C)c1ccccc1OCC1CO1.CC(COc1ccccc1C(C)(C)C)P1(=O)Oc2ccccc2-c2ccccc21. The number of epoxide rings is 1. The molecule has 2 aliphatic rings. The van der Waals surface area contributed by atoms with Crippen molar-refractivity contribution in [3.63, 3.8) is 0 Å². The van der Waals surface area contributed by atoms with E-state index in [1.165, 1.54) is 5.56 Å². The molecule has 6 rings (SSSR count). The number of hydrogen-bond donors (Lipinski definition) is 0. The normalized spacial score (nSPS) is 18.9. The predicted octanol–water partition coefficient (Wildman–Crippen LogP) is 9.81. The molecular formula is C39H49O5P. The highest BCUT2D eigenvalue weighted by molar-refractivity contribution is 7.68. The fourth-order valence-corrected chi connectivity index (χ4v) is 7.64. The van der Waals surface area contributed by atoms with Crippen molar-refractivity contribution in [3.8, 4) is 28.4 Å². The first-order valence-electron chi connectivity index (χ1n) is 15.4. The predicted molar refractivity (Wildman–Crippen MR) is 187 cm³/mol. The van der Waals surface area contributed by atoms with E-state index in [2.05, 4.69) is 59.7 Å². The van der Waals surface area contributed by atoms with Crippen LogP contribution >= 0.6 is 7.37 Å². The van der Waals surface area contributed by atoms with Crippen molar-refractivity contribution in [2.24, 2.45) is 0 Å². The van der Waals surface area contributed by atoms with Gasteiger partial charge in [0.05, 0.1) is 17.6 Å². The Morgan fingerprint density at radius 3 is 1.80 bits per heavy atom. The van der Waals surface area contributed by atoms with Gasteiger partial charge in [-0.15, -0.1) is 0 Å². The Morgan fingerprint density at radius 2 is 1.22 bits per heavy atom. The van der Waals surface area contributed by atoms with E-state index >= 15 is 0 Å². The first-order valence-corrected chi connectivity index (χ1v) is 17.1. The van der Waals surface area contributed by atoms with Crippen LogP contribution in [0.25, 0.3) is 11.1 Å². The highest BCUT2D eigenvalue weighted by atomic mass is 31.2. The standard InChI is InChI=1S/C25H27O3P.C13H18O2.CH4/c1-18(17-27-23-15-9-7-13-21(23)25(2,3)4)29(26)24-16-10-6-12-20(24)19-11-5-8-14-22(19)28-29;1-13(2,3)11-6-4-5-7-12(11)15-9-10-8-14-10;/h5-16,18H,17H2,1-4H3;4-7,10H,8-9H2,1-3H3;1H4. The molecule has 0 aromatic heterocycles. The second-order valence-electron chi connectivity index (χ2n) is 13.6. The number of fused-ring (bicyclic) bond motifs is 3. The molecule has 0 aliphatic carbocycles. The van der Waals surface area contributed by atoms with Crippen LogP contribution in [-0.4, -0.2) is 31.6 Å². The lowest BCUT2D eigenvalue weighted by Gasteiger charge is -2.32. The summed E-state index contributed by atoms with van der Waals surface area (Å²) in [4.78, 5) is 0. The third kappa shape index (κ3) is 8.01. The lowest BCUT2D eigenvalue weighted by atomic mass is 9.86. The first kappa shape index (κ1) is 34.3. The maximum Gasteiger partial charge on any atom is 0.283 e. The number of ether oxygens (including phenoxy) is 3. The van der Waals surface area contributed by atoms with Crippen LogP contribution in [0, 0.1) is 0 Å². The van der Waals surface area contributed by atoms with E-state index in [0.29, 0.717) is 25.1 Å². The van der Waals surface area contributed by atoms with E-state index < -0.39 is 7.37 Å². The average Bonchev–Trinajstić information content (AvgIpc) is 3.83. The van der Waals surface area contributed by atoms with Gasteiger partial charge in [0.25, 0.3) is 7.37 Å². The molecule has 0 bridgehead atoms. The van der Waals surface area contributed by atoms with E-state index in [9.17, 15) is 4.57 Å². The quantitative estimate of drug-likeness (QED) is 0.151. The molecule has 6 heteroatoms. The zero-order valence-corrected chi connectivity index (χ0v) is 27.9. The Morgan fingerprint density at radius 1 is 0.733 bits per heavy atom. The summed E-state index contributed by atoms with van der Waals surface area (Å²) in [6.45, 7) is 16.9. The van der Waals surface area contributed by atoms with E-state index in [0.717, 1.165) is 40.1 Å². The maximum atomic E-state index is 14.1. The van der Waals surface area contributed by atoms with Gasteiger partial charge in [-0.1, -0.05) is 122 Å². The van der Waals surface area contributed by atoms with Crippen LogP contribution in [0.1, 0.15) is 67.0 Å². The maximum absolute atomic E-state index is 14.1. The summed E-state index contributed by atoms with van der Waals surface area (Å²) in [5.41, 5.74) is 4.18. The molecule has 0 N–H and O–H groups in total. The van der Waals surface area contributed by atoms with Crippen LogP contribution < -0.4 is 19.3 Å². The van der Waals surface area contributed by atoms with Crippen molar-refractivity contribution in [1.29, 1.82) is 0 Å². The van der Waals surface area contributed by atoms with Gasteiger partial charge in [0.1, 0.15) is 36.6 Å². The Balaban J connectivity index is 0.000000243. The van der Waals surface area contributed by atoms with Crippen LogP contribution in [-0.2, 0) is 20.1 Å². The molecule has 0 radical (unpaired) electrons. The van der Waals surface area contributed by atoms with Gasteiger partial charge < -0.3 is 18.7 Å². The molecule has 2 aliphatic heterocycles. The molecule has 1 saturated heterocycles. The van der Waals surface area contributed by atoms with Crippen LogP contribution in [0.5, 0.6) is 17.2 Å². The van der Waals surface area contributed by atoms with Gasteiger partial charge in [0, 0.05) is 5.56 Å². The molecule has 5 nitrogen and oxygen atoms in total. The molecule has 4 aromatic carbocycles. The summed E-state index contributed by atoms with van der Waals surface area (Å²) >= 11 is 0. The lowest BCUT2D eigenvalue weighted by Crippen LogP contribution is -2.28. The monoisotopic (exact) mass is 628 g/mol. The smallest absolute Gasteiger partial charge is 0.283 e. The van der Waals surface area contributed by atoms with E-state index in [1.807, 2.05) is 85.8 Å². The second kappa shape index (κ2) is 13.8. The van der Waals surface area contributed by atoms with Crippen LogP contribution in [0.2, 0.25) is 0 Å². The molecule has 2 heterocycles. The number of hydrogen-bond acceptors (Lipinski definition) is 5. The van der Waals surface area contributed by atoms with Gasteiger partial charge in [-0.3, -0.25) is 4.57 Å².